The minimum Gasteiger partial charge on any atom is -0.462 e. The van der Waals surface area contributed by atoms with Gasteiger partial charge in [-0.05, 0) is 31.2 Å². The number of hydrogen-bond acceptors (Lipinski definition) is 6. The van der Waals surface area contributed by atoms with Gasteiger partial charge in [-0.1, -0.05) is 0 Å². The Morgan fingerprint density at radius 3 is 2.41 bits per heavy atom. The van der Waals surface area contributed by atoms with Crippen molar-refractivity contribution in [1.82, 2.24) is 4.98 Å². The Kier molecular flexibility index (Phi) is 5.21. The van der Waals surface area contributed by atoms with E-state index in [1.807, 2.05) is 0 Å². The van der Waals surface area contributed by atoms with E-state index in [1.54, 1.807) is 12.3 Å². The summed E-state index contributed by atoms with van der Waals surface area (Å²) in [6, 6.07) is 6.04. The van der Waals surface area contributed by atoms with Crippen molar-refractivity contribution in [3.8, 4) is 0 Å². The van der Waals surface area contributed by atoms with Gasteiger partial charge in [0, 0.05) is 17.3 Å². The summed E-state index contributed by atoms with van der Waals surface area (Å²) >= 11 is 1.21. The number of anilines is 2. The maximum absolute atomic E-state index is 11.7. The molecule has 0 fully saturated rings. The van der Waals surface area contributed by atoms with E-state index in [-0.39, 0.29) is 6.61 Å². The molecule has 2 N–H and O–H groups in total. The second-order valence-corrected chi connectivity index (χ2v) is 4.94. The molecule has 2 aromatic rings. The van der Waals surface area contributed by atoms with Gasteiger partial charge in [0.2, 0.25) is 0 Å². The van der Waals surface area contributed by atoms with Crippen LogP contribution in [0.1, 0.15) is 17.3 Å². The summed E-state index contributed by atoms with van der Waals surface area (Å²) in [5, 5.41) is 6.82. The van der Waals surface area contributed by atoms with Crippen molar-refractivity contribution in [2.45, 2.75) is 6.92 Å². The van der Waals surface area contributed by atoms with Crippen molar-refractivity contribution in [3.63, 3.8) is 0 Å². The van der Waals surface area contributed by atoms with Crippen LogP contribution in [-0.4, -0.2) is 29.4 Å². The second-order valence-electron chi connectivity index (χ2n) is 4.04. The molecule has 2 rings (SSSR count). The molecule has 0 radical (unpaired) electrons. The number of carbonyl (C=O) groups excluding carboxylic acids is 3. The first-order valence-corrected chi connectivity index (χ1v) is 7.27. The van der Waals surface area contributed by atoms with Gasteiger partial charge in [-0.2, -0.15) is 0 Å². The molecule has 0 spiro atoms. The summed E-state index contributed by atoms with van der Waals surface area (Å²) in [6.45, 7) is 2.00. The van der Waals surface area contributed by atoms with Gasteiger partial charge in [0.1, 0.15) is 0 Å². The van der Waals surface area contributed by atoms with Crippen molar-refractivity contribution in [2.75, 3.05) is 17.2 Å². The standard InChI is InChI=1S/C14H13N3O4S/c1-2-21-13(20)9-3-5-10(6-4-9)16-11(18)12(19)17-14-15-7-8-22-14/h3-8H,2H2,1H3,(H,16,18)(H,15,17,19). The summed E-state index contributed by atoms with van der Waals surface area (Å²) in [5.74, 6) is -2.08. The molecule has 0 aliphatic heterocycles. The third-order valence-electron chi connectivity index (χ3n) is 2.51. The monoisotopic (exact) mass is 319 g/mol. The number of rotatable bonds is 4. The quantitative estimate of drug-likeness (QED) is 0.662. The average Bonchev–Trinajstić information content (AvgIpc) is 3.01. The van der Waals surface area contributed by atoms with Crippen LogP contribution < -0.4 is 10.6 Å². The smallest absolute Gasteiger partial charge is 0.338 e. The van der Waals surface area contributed by atoms with E-state index in [2.05, 4.69) is 15.6 Å². The van der Waals surface area contributed by atoms with Gasteiger partial charge in [0.15, 0.2) is 5.13 Å². The molecular weight excluding hydrogens is 306 g/mol. The summed E-state index contributed by atoms with van der Waals surface area (Å²) in [6.07, 6.45) is 1.52. The lowest BCUT2D eigenvalue weighted by molar-refractivity contribution is -0.132. The van der Waals surface area contributed by atoms with Gasteiger partial charge in [-0.15, -0.1) is 11.3 Å². The molecule has 22 heavy (non-hydrogen) atoms. The van der Waals surface area contributed by atoms with Crippen LogP contribution in [0.2, 0.25) is 0 Å². The van der Waals surface area contributed by atoms with Crippen LogP contribution in [0.3, 0.4) is 0 Å². The van der Waals surface area contributed by atoms with Crippen LogP contribution in [0, 0.1) is 0 Å². The summed E-state index contributed by atoms with van der Waals surface area (Å²) in [5.41, 5.74) is 0.763. The highest BCUT2D eigenvalue weighted by Crippen LogP contribution is 2.12. The summed E-state index contributed by atoms with van der Waals surface area (Å²) in [4.78, 5) is 38.7. The van der Waals surface area contributed by atoms with Gasteiger partial charge in [0.25, 0.3) is 0 Å². The zero-order valence-electron chi connectivity index (χ0n) is 11.7. The van der Waals surface area contributed by atoms with Crippen LogP contribution in [0.25, 0.3) is 0 Å². The molecule has 1 aromatic heterocycles. The van der Waals surface area contributed by atoms with E-state index in [0.29, 0.717) is 16.4 Å². The van der Waals surface area contributed by atoms with Crippen LogP contribution in [-0.2, 0) is 14.3 Å². The van der Waals surface area contributed by atoms with Crippen molar-refractivity contribution >= 4 is 39.9 Å². The third kappa shape index (κ3) is 4.13. The first-order valence-electron chi connectivity index (χ1n) is 6.39. The molecule has 0 bridgehead atoms. The Morgan fingerprint density at radius 1 is 1.14 bits per heavy atom. The summed E-state index contributed by atoms with van der Waals surface area (Å²) < 4.78 is 4.85. The number of benzene rings is 1. The molecule has 0 aliphatic rings. The van der Waals surface area contributed by atoms with Crippen molar-refractivity contribution in [1.29, 1.82) is 0 Å². The number of thiazole rings is 1. The average molecular weight is 319 g/mol. The molecular formula is C14H13N3O4S. The predicted octanol–water partition coefficient (Wildman–Crippen LogP) is 1.90. The Bertz CT molecular complexity index is 668. The van der Waals surface area contributed by atoms with Crippen molar-refractivity contribution < 1.29 is 19.1 Å². The number of esters is 1. The van der Waals surface area contributed by atoms with E-state index in [1.165, 1.54) is 41.8 Å². The minimum atomic E-state index is -0.820. The Morgan fingerprint density at radius 2 is 1.82 bits per heavy atom. The normalized spacial score (nSPS) is 9.86. The van der Waals surface area contributed by atoms with E-state index in [4.69, 9.17) is 4.74 Å². The molecule has 114 valence electrons. The number of nitrogens with zero attached hydrogens (tertiary/aromatic N) is 1. The van der Waals surface area contributed by atoms with Crippen LogP contribution in [0.5, 0.6) is 0 Å². The van der Waals surface area contributed by atoms with Crippen molar-refractivity contribution in [2.24, 2.45) is 0 Å². The van der Waals surface area contributed by atoms with Crippen LogP contribution in [0.15, 0.2) is 35.8 Å². The van der Waals surface area contributed by atoms with Crippen LogP contribution in [0.4, 0.5) is 10.8 Å². The topological polar surface area (TPSA) is 97.4 Å². The third-order valence-corrected chi connectivity index (χ3v) is 3.20. The fourth-order valence-electron chi connectivity index (χ4n) is 1.53. The molecule has 1 heterocycles. The fourth-order valence-corrected chi connectivity index (χ4v) is 2.05. The first kappa shape index (κ1) is 15.6. The number of amides is 2. The van der Waals surface area contributed by atoms with Crippen LogP contribution >= 0.6 is 11.3 Å². The number of aromatic nitrogens is 1. The number of nitrogens with one attached hydrogen (secondary N) is 2. The first-order chi connectivity index (χ1) is 10.6. The molecule has 2 amide bonds. The zero-order valence-corrected chi connectivity index (χ0v) is 12.5. The SMILES string of the molecule is CCOC(=O)c1ccc(NC(=O)C(=O)Nc2nccs2)cc1. The largest absolute Gasteiger partial charge is 0.462 e. The molecule has 0 atom stereocenters. The highest BCUT2D eigenvalue weighted by Gasteiger charge is 2.15. The highest BCUT2D eigenvalue weighted by molar-refractivity contribution is 7.13. The van der Waals surface area contributed by atoms with Gasteiger partial charge in [-0.3, -0.25) is 14.9 Å². The van der Waals surface area contributed by atoms with Gasteiger partial charge >= 0.3 is 17.8 Å². The van der Waals surface area contributed by atoms with E-state index in [9.17, 15) is 14.4 Å². The van der Waals surface area contributed by atoms with Gasteiger partial charge < -0.3 is 10.1 Å². The molecule has 0 aliphatic carbocycles. The maximum atomic E-state index is 11.7. The predicted molar refractivity (Wildman–Crippen MR) is 81.8 cm³/mol. The Balaban J connectivity index is 1.94. The minimum absolute atomic E-state index is 0.286. The second kappa shape index (κ2) is 7.32. The lowest BCUT2D eigenvalue weighted by atomic mass is 10.2. The lowest BCUT2D eigenvalue weighted by Crippen LogP contribution is -2.29. The van der Waals surface area contributed by atoms with E-state index >= 15 is 0 Å². The number of carbonyl (C=O) groups is 3. The molecule has 1 aromatic carbocycles. The zero-order chi connectivity index (χ0) is 15.9. The highest BCUT2D eigenvalue weighted by atomic mass is 32.1. The molecule has 0 saturated heterocycles. The summed E-state index contributed by atoms with van der Waals surface area (Å²) in [7, 11) is 0. The maximum Gasteiger partial charge on any atom is 0.338 e. The Hall–Kier alpha value is -2.74. The molecule has 7 nitrogen and oxygen atoms in total. The van der Waals surface area contributed by atoms with E-state index < -0.39 is 17.8 Å². The molecule has 8 heteroatoms. The van der Waals surface area contributed by atoms with Crippen molar-refractivity contribution in [3.05, 3.63) is 41.4 Å². The fraction of sp³-hybridized carbons (Fsp3) is 0.143. The molecule has 0 unspecified atom stereocenters. The number of ether oxygens (including phenoxy) is 1. The molecule has 0 saturated carbocycles. The van der Waals surface area contributed by atoms with Gasteiger partial charge in [0.05, 0.1) is 12.2 Å². The van der Waals surface area contributed by atoms with E-state index in [0.717, 1.165) is 0 Å². The van der Waals surface area contributed by atoms with Gasteiger partial charge in [-0.25, -0.2) is 9.78 Å². The lowest BCUT2D eigenvalue weighted by Gasteiger charge is -2.06. The Labute approximate surface area is 130 Å². The number of hydrogen-bond donors (Lipinski definition) is 2.